The molecular weight excluding hydrogens is 324 g/mol. The molecule has 1 aliphatic carbocycles. The van der Waals surface area contributed by atoms with E-state index in [1.807, 2.05) is 38.1 Å². The number of halogens is 1. The maximum atomic E-state index is 12.3. The van der Waals surface area contributed by atoms with Gasteiger partial charge >= 0.3 is 0 Å². The SMILES string of the molecule is C[C@H](NC(=O)CN[C@@](C)(CO)C1CCCCC1)c1ccccc1Cl. The van der Waals surface area contributed by atoms with Crippen LogP contribution in [0.5, 0.6) is 0 Å². The van der Waals surface area contributed by atoms with E-state index in [2.05, 4.69) is 10.6 Å². The van der Waals surface area contributed by atoms with Crippen molar-refractivity contribution in [2.45, 2.75) is 57.5 Å². The standard InChI is InChI=1S/C19H29ClN2O2/c1-14(16-10-6-7-11-17(16)20)22-18(24)12-21-19(2,13-23)15-8-4-3-5-9-15/h6-7,10-11,14-15,21,23H,3-5,8-9,12-13H2,1-2H3,(H,22,24)/t14-,19-/m0/s1. The number of aliphatic hydroxyl groups excluding tert-OH is 1. The predicted octanol–water partition coefficient (Wildman–Crippen LogP) is 3.44. The highest BCUT2D eigenvalue weighted by molar-refractivity contribution is 6.31. The van der Waals surface area contributed by atoms with Gasteiger partial charge in [0.2, 0.25) is 5.91 Å². The quantitative estimate of drug-likeness (QED) is 0.704. The molecule has 4 nitrogen and oxygen atoms in total. The molecule has 0 radical (unpaired) electrons. The van der Waals surface area contributed by atoms with Crippen molar-refractivity contribution in [3.05, 3.63) is 34.9 Å². The average molecular weight is 353 g/mol. The Bertz CT molecular complexity index is 546. The zero-order valence-electron chi connectivity index (χ0n) is 14.6. The van der Waals surface area contributed by atoms with Crippen LogP contribution in [0.2, 0.25) is 5.02 Å². The van der Waals surface area contributed by atoms with Crippen LogP contribution in [-0.2, 0) is 4.79 Å². The first kappa shape index (κ1) is 19.2. The van der Waals surface area contributed by atoms with Gasteiger partial charge in [-0.3, -0.25) is 4.79 Å². The molecule has 2 atom stereocenters. The molecule has 0 spiro atoms. The Hall–Kier alpha value is -1.10. The Kier molecular flexibility index (Phi) is 7.08. The maximum absolute atomic E-state index is 12.3. The molecule has 5 heteroatoms. The van der Waals surface area contributed by atoms with Crippen molar-refractivity contribution in [2.24, 2.45) is 5.92 Å². The highest BCUT2D eigenvalue weighted by Crippen LogP contribution is 2.32. The second-order valence-corrected chi connectivity index (χ2v) is 7.48. The topological polar surface area (TPSA) is 61.4 Å². The molecule has 1 aromatic carbocycles. The van der Waals surface area contributed by atoms with E-state index in [1.165, 1.54) is 19.3 Å². The molecule has 1 amide bonds. The molecular formula is C19H29ClN2O2. The molecule has 1 fully saturated rings. The monoisotopic (exact) mass is 352 g/mol. The second kappa shape index (κ2) is 8.84. The van der Waals surface area contributed by atoms with Gasteiger partial charge in [-0.2, -0.15) is 0 Å². The van der Waals surface area contributed by atoms with Crippen LogP contribution in [0.25, 0.3) is 0 Å². The molecule has 1 aliphatic rings. The normalized spacial score (nSPS) is 19.5. The summed E-state index contributed by atoms with van der Waals surface area (Å²) < 4.78 is 0. The van der Waals surface area contributed by atoms with E-state index in [-0.39, 0.29) is 25.1 Å². The fourth-order valence-electron chi connectivity index (χ4n) is 3.55. The minimum Gasteiger partial charge on any atom is -0.394 e. The predicted molar refractivity (Wildman–Crippen MR) is 98.1 cm³/mol. The van der Waals surface area contributed by atoms with E-state index < -0.39 is 5.54 Å². The van der Waals surface area contributed by atoms with Crippen molar-refractivity contribution in [3.8, 4) is 0 Å². The van der Waals surface area contributed by atoms with Crippen LogP contribution in [0.15, 0.2) is 24.3 Å². The van der Waals surface area contributed by atoms with E-state index >= 15 is 0 Å². The first-order chi connectivity index (χ1) is 11.5. The van der Waals surface area contributed by atoms with Crippen LogP contribution >= 0.6 is 11.6 Å². The van der Waals surface area contributed by atoms with E-state index in [0.29, 0.717) is 10.9 Å². The molecule has 24 heavy (non-hydrogen) atoms. The zero-order valence-corrected chi connectivity index (χ0v) is 15.4. The fraction of sp³-hybridized carbons (Fsp3) is 0.632. The first-order valence-corrected chi connectivity index (χ1v) is 9.24. The van der Waals surface area contributed by atoms with Crippen molar-refractivity contribution < 1.29 is 9.90 Å². The number of hydrogen-bond acceptors (Lipinski definition) is 3. The van der Waals surface area contributed by atoms with Gasteiger partial charge in [0.25, 0.3) is 0 Å². The Morgan fingerprint density at radius 1 is 1.33 bits per heavy atom. The number of amides is 1. The third-order valence-electron chi connectivity index (χ3n) is 5.24. The number of aliphatic hydroxyl groups is 1. The summed E-state index contributed by atoms with van der Waals surface area (Å²) in [5.41, 5.74) is 0.510. The molecule has 2 rings (SSSR count). The summed E-state index contributed by atoms with van der Waals surface area (Å²) >= 11 is 6.18. The van der Waals surface area contributed by atoms with Gasteiger partial charge in [0.05, 0.1) is 19.2 Å². The zero-order chi connectivity index (χ0) is 17.6. The lowest BCUT2D eigenvalue weighted by Crippen LogP contribution is -2.55. The van der Waals surface area contributed by atoms with Crippen LogP contribution in [0.4, 0.5) is 0 Å². The van der Waals surface area contributed by atoms with Crippen LogP contribution in [0.1, 0.15) is 57.6 Å². The van der Waals surface area contributed by atoms with Crippen LogP contribution in [0.3, 0.4) is 0 Å². The van der Waals surface area contributed by atoms with E-state index in [4.69, 9.17) is 11.6 Å². The smallest absolute Gasteiger partial charge is 0.234 e. The molecule has 0 unspecified atom stereocenters. The summed E-state index contributed by atoms with van der Waals surface area (Å²) in [5, 5.41) is 16.7. The number of rotatable bonds is 7. The minimum atomic E-state index is -0.397. The lowest BCUT2D eigenvalue weighted by atomic mass is 9.76. The lowest BCUT2D eigenvalue weighted by Gasteiger charge is -2.39. The molecule has 1 aromatic rings. The Morgan fingerprint density at radius 2 is 2.00 bits per heavy atom. The summed E-state index contributed by atoms with van der Waals surface area (Å²) in [7, 11) is 0. The van der Waals surface area contributed by atoms with Gasteiger partial charge in [0.15, 0.2) is 0 Å². The van der Waals surface area contributed by atoms with Gasteiger partial charge in [-0.1, -0.05) is 49.1 Å². The van der Waals surface area contributed by atoms with Gasteiger partial charge < -0.3 is 15.7 Å². The Morgan fingerprint density at radius 3 is 2.62 bits per heavy atom. The molecule has 0 aliphatic heterocycles. The van der Waals surface area contributed by atoms with Gasteiger partial charge in [0, 0.05) is 10.6 Å². The van der Waals surface area contributed by atoms with E-state index in [1.54, 1.807) is 0 Å². The van der Waals surface area contributed by atoms with E-state index in [9.17, 15) is 9.90 Å². The first-order valence-electron chi connectivity index (χ1n) is 8.86. The molecule has 3 N–H and O–H groups in total. The van der Waals surface area contributed by atoms with Crippen molar-refractivity contribution in [1.82, 2.24) is 10.6 Å². The molecule has 0 heterocycles. The average Bonchev–Trinajstić information content (AvgIpc) is 2.60. The summed E-state index contributed by atoms with van der Waals surface area (Å²) in [6, 6.07) is 7.37. The number of carbonyl (C=O) groups is 1. The summed E-state index contributed by atoms with van der Waals surface area (Å²) in [6.45, 7) is 4.19. The van der Waals surface area contributed by atoms with Gasteiger partial charge in [-0.25, -0.2) is 0 Å². The third kappa shape index (κ3) is 4.95. The van der Waals surface area contributed by atoms with Crippen molar-refractivity contribution in [1.29, 1.82) is 0 Å². The highest BCUT2D eigenvalue weighted by atomic mass is 35.5. The fourth-order valence-corrected chi connectivity index (χ4v) is 3.85. The maximum Gasteiger partial charge on any atom is 0.234 e. The lowest BCUT2D eigenvalue weighted by molar-refractivity contribution is -0.121. The summed E-state index contributed by atoms with van der Waals surface area (Å²) in [6.07, 6.45) is 5.91. The van der Waals surface area contributed by atoms with Crippen LogP contribution in [0, 0.1) is 5.92 Å². The highest BCUT2D eigenvalue weighted by Gasteiger charge is 2.34. The number of carbonyl (C=O) groups excluding carboxylic acids is 1. The number of benzene rings is 1. The summed E-state index contributed by atoms with van der Waals surface area (Å²) in [5.74, 6) is 0.336. The van der Waals surface area contributed by atoms with Gasteiger partial charge in [-0.15, -0.1) is 0 Å². The third-order valence-corrected chi connectivity index (χ3v) is 5.58. The van der Waals surface area contributed by atoms with Gasteiger partial charge in [-0.05, 0) is 44.2 Å². The van der Waals surface area contributed by atoms with Crippen LogP contribution < -0.4 is 10.6 Å². The van der Waals surface area contributed by atoms with Crippen molar-refractivity contribution in [3.63, 3.8) is 0 Å². The molecule has 0 saturated heterocycles. The van der Waals surface area contributed by atoms with Crippen molar-refractivity contribution in [2.75, 3.05) is 13.2 Å². The number of nitrogens with one attached hydrogen (secondary N) is 2. The Labute approximate surface area is 150 Å². The van der Waals surface area contributed by atoms with Crippen LogP contribution in [-0.4, -0.2) is 29.7 Å². The molecule has 0 aromatic heterocycles. The largest absolute Gasteiger partial charge is 0.394 e. The molecule has 1 saturated carbocycles. The summed E-state index contributed by atoms with van der Waals surface area (Å²) in [4.78, 5) is 12.3. The second-order valence-electron chi connectivity index (χ2n) is 7.07. The van der Waals surface area contributed by atoms with E-state index in [0.717, 1.165) is 18.4 Å². The molecule has 134 valence electrons. The minimum absolute atomic E-state index is 0.0466. The van der Waals surface area contributed by atoms with Gasteiger partial charge in [0.1, 0.15) is 0 Å². The number of hydrogen-bond donors (Lipinski definition) is 3. The van der Waals surface area contributed by atoms with Crippen molar-refractivity contribution >= 4 is 17.5 Å². The molecule has 0 bridgehead atoms. The Balaban J connectivity index is 1.88.